The Bertz CT molecular complexity index is 1310. The summed E-state index contributed by atoms with van der Waals surface area (Å²) < 4.78 is 101. The molecule has 0 bridgehead atoms. The van der Waals surface area contributed by atoms with E-state index < -0.39 is 49.5 Å². The number of benzene rings is 1. The number of nitrogens with zero attached hydrogens (tertiary/aromatic N) is 1. The Morgan fingerprint density at radius 2 is 1.86 bits per heavy atom. The van der Waals surface area contributed by atoms with Crippen molar-refractivity contribution in [3.63, 3.8) is 0 Å². The molecule has 3 heterocycles. The van der Waals surface area contributed by atoms with Crippen molar-refractivity contribution < 1.29 is 45.0 Å². The fraction of sp³-hybridized carbons (Fsp3) is 0.364. The lowest BCUT2D eigenvalue weighted by Gasteiger charge is -2.27. The fourth-order valence-electron chi connectivity index (χ4n) is 3.72. The van der Waals surface area contributed by atoms with Crippen molar-refractivity contribution in [1.29, 1.82) is 0 Å². The van der Waals surface area contributed by atoms with Gasteiger partial charge in [0.1, 0.15) is 33.9 Å². The van der Waals surface area contributed by atoms with E-state index in [4.69, 9.17) is 9.47 Å². The minimum atomic E-state index is -4.65. The molecule has 0 spiro atoms. The summed E-state index contributed by atoms with van der Waals surface area (Å²) in [4.78, 5) is 16.7. The molecule has 6 nitrogen and oxygen atoms in total. The number of halogens is 7. The molecule has 1 aromatic carbocycles. The van der Waals surface area contributed by atoms with Crippen LogP contribution < -0.4 is 15.4 Å². The van der Waals surface area contributed by atoms with E-state index in [1.165, 1.54) is 26.2 Å². The maximum atomic E-state index is 13.2. The molecule has 0 saturated carbocycles. The van der Waals surface area contributed by atoms with Gasteiger partial charge in [-0.3, -0.25) is 4.79 Å². The van der Waals surface area contributed by atoms with E-state index in [9.17, 15) is 35.5 Å². The minimum absolute atomic E-state index is 0.0411. The number of pyridine rings is 1. The van der Waals surface area contributed by atoms with Gasteiger partial charge in [0.15, 0.2) is 0 Å². The zero-order chi connectivity index (χ0) is 26.4. The Hall–Kier alpha value is -3.13. The molecule has 0 unspecified atom stereocenters. The maximum absolute atomic E-state index is 13.2. The van der Waals surface area contributed by atoms with Crippen LogP contribution in [-0.4, -0.2) is 37.0 Å². The zero-order valence-corrected chi connectivity index (χ0v) is 19.4. The summed E-state index contributed by atoms with van der Waals surface area (Å²) in [7, 11) is 1.32. The highest BCUT2D eigenvalue weighted by atomic mass is 32.1. The van der Waals surface area contributed by atoms with Gasteiger partial charge >= 0.3 is 18.5 Å². The second kappa shape index (κ2) is 9.39. The molecular weight excluding hydrogens is 519 g/mol. The number of methoxy groups -OCH3 is 1. The van der Waals surface area contributed by atoms with Gasteiger partial charge in [0.05, 0.1) is 19.4 Å². The van der Waals surface area contributed by atoms with Gasteiger partial charge in [-0.1, -0.05) is 6.07 Å². The molecule has 0 radical (unpaired) electrons. The SMILES string of the molecule is COc1ccc([C@@H]2NC(=O)c3sc4nc(C(F)(F)F)cc(C)c4c3N2)cc1COCC(F)(F)C(F)F. The minimum Gasteiger partial charge on any atom is -0.496 e. The number of anilines is 1. The number of aryl methyl sites for hydroxylation is 1. The quantitative estimate of drug-likeness (QED) is 0.367. The molecule has 0 aliphatic carbocycles. The first-order chi connectivity index (χ1) is 16.8. The third-order valence-corrected chi connectivity index (χ3v) is 6.51. The molecule has 36 heavy (non-hydrogen) atoms. The average molecular weight is 537 g/mol. The van der Waals surface area contributed by atoms with Crippen molar-refractivity contribution in [3.8, 4) is 5.75 Å². The number of amides is 1. The van der Waals surface area contributed by atoms with Crippen LogP contribution in [-0.2, 0) is 17.5 Å². The summed E-state index contributed by atoms with van der Waals surface area (Å²) in [5.41, 5.74) is 0.207. The lowest BCUT2D eigenvalue weighted by molar-refractivity contribution is -0.168. The van der Waals surface area contributed by atoms with Crippen LogP contribution in [0.5, 0.6) is 5.75 Å². The molecule has 2 N–H and O–H groups in total. The van der Waals surface area contributed by atoms with E-state index in [-0.39, 0.29) is 26.6 Å². The Kier molecular flexibility index (Phi) is 6.77. The first-order valence-electron chi connectivity index (χ1n) is 10.3. The number of ether oxygens (including phenoxy) is 2. The largest absolute Gasteiger partial charge is 0.496 e. The van der Waals surface area contributed by atoms with Gasteiger partial charge in [0.25, 0.3) is 5.91 Å². The van der Waals surface area contributed by atoms with Gasteiger partial charge in [0.2, 0.25) is 0 Å². The van der Waals surface area contributed by atoms with Gasteiger partial charge in [-0.2, -0.15) is 22.0 Å². The lowest BCUT2D eigenvalue weighted by atomic mass is 10.0. The topological polar surface area (TPSA) is 72.5 Å². The number of thiophene rings is 1. The number of alkyl halides is 7. The fourth-order valence-corrected chi connectivity index (χ4v) is 4.84. The number of nitrogens with one attached hydrogen (secondary N) is 2. The molecule has 4 rings (SSSR count). The first-order valence-corrected chi connectivity index (χ1v) is 11.1. The maximum Gasteiger partial charge on any atom is 0.433 e. The summed E-state index contributed by atoms with van der Waals surface area (Å²) in [6.45, 7) is -0.504. The van der Waals surface area contributed by atoms with Crippen molar-refractivity contribution >= 4 is 33.1 Å². The number of rotatable bonds is 7. The smallest absolute Gasteiger partial charge is 0.433 e. The second-order valence-electron chi connectivity index (χ2n) is 7.99. The summed E-state index contributed by atoms with van der Waals surface area (Å²) in [5, 5.41) is 6.14. The first kappa shape index (κ1) is 25.9. The molecule has 0 saturated heterocycles. The van der Waals surface area contributed by atoms with E-state index in [0.29, 0.717) is 16.6 Å². The van der Waals surface area contributed by atoms with Crippen molar-refractivity contribution in [2.75, 3.05) is 19.0 Å². The molecule has 3 aromatic rings. The Morgan fingerprint density at radius 1 is 1.14 bits per heavy atom. The number of aromatic nitrogens is 1. The van der Waals surface area contributed by atoms with Crippen LogP contribution in [0.25, 0.3) is 10.2 Å². The van der Waals surface area contributed by atoms with E-state index in [1.807, 2.05) is 0 Å². The average Bonchev–Trinajstić information content (AvgIpc) is 3.18. The summed E-state index contributed by atoms with van der Waals surface area (Å²) >= 11 is 0.816. The van der Waals surface area contributed by atoms with Gasteiger partial charge in [0, 0.05) is 10.9 Å². The van der Waals surface area contributed by atoms with Gasteiger partial charge in [-0.05, 0) is 36.2 Å². The van der Waals surface area contributed by atoms with Crippen LogP contribution in [0, 0.1) is 6.92 Å². The lowest BCUT2D eigenvalue weighted by Crippen LogP contribution is -2.37. The Morgan fingerprint density at radius 3 is 2.50 bits per heavy atom. The van der Waals surface area contributed by atoms with Crippen LogP contribution in [0.2, 0.25) is 0 Å². The molecule has 1 aliphatic rings. The summed E-state index contributed by atoms with van der Waals surface area (Å²) in [6, 6.07) is 5.43. The molecule has 0 fully saturated rings. The monoisotopic (exact) mass is 537 g/mol. The molecule has 1 atom stereocenters. The third-order valence-electron chi connectivity index (χ3n) is 5.43. The van der Waals surface area contributed by atoms with Crippen LogP contribution >= 0.6 is 11.3 Å². The van der Waals surface area contributed by atoms with Gasteiger partial charge in [-0.25, -0.2) is 13.8 Å². The summed E-state index contributed by atoms with van der Waals surface area (Å²) in [5.74, 6) is -4.63. The van der Waals surface area contributed by atoms with E-state index in [1.54, 1.807) is 6.07 Å². The highest BCUT2D eigenvalue weighted by Crippen LogP contribution is 2.43. The van der Waals surface area contributed by atoms with Crippen LogP contribution in [0.1, 0.15) is 38.2 Å². The van der Waals surface area contributed by atoms with E-state index >= 15 is 0 Å². The highest BCUT2D eigenvalue weighted by Gasteiger charge is 2.41. The predicted molar refractivity (Wildman–Crippen MR) is 117 cm³/mol. The van der Waals surface area contributed by atoms with Crippen LogP contribution in [0.3, 0.4) is 0 Å². The van der Waals surface area contributed by atoms with Crippen molar-refractivity contribution in [3.05, 3.63) is 51.5 Å². The second-order valence-corrected chi connectivity index (χ2v) is 8.98. The van der Waals surface area contributed by atoms with Gasteiger partial charge < -0.3 is 20.1 Å². The highest BCUT2D eigenvalue weighted by molar-refractivity contribution is 7.21. The van der Waals surface area contributed by atoms with Gasteiger partial charge in [-0.15, -0.1) is 11.3 Å². The molecule has 14 heteroatoms. The zero-order valence-electron chi connectivity index (χ0n) is 18.6. The third kappa shape index (κ3) is 4.91. The van der Waals surface area contributed by atoms with Crippen LogP contribution in [0.15, 0.2) is 24.3 Å². The van der Waals surface area contributed by atoms with Crippen LogP contribution in [0.4, 0.5) is 36.4 Å². The number of carbonyl (C=O) groups is 1. The van der Waals surface area contributed by atoms with Crippen molar-refractivity contribution in [2.45, 2.75) is 38.2 Å². The number of hydrogen-bond donors (Lipinski definition) is 2. The van der Waals surface area contributed by atoms with Crippen molar-refractivity contribution in [2.24, 2.45) is 0 Å². The summed E-state index contributed by atoms with van der Waals surface area (Å²) in [6.07, 6.45) is -9.38. The van der Waals surface area contributed by atoms with Crippen molar-refractivity contribution in [1.82, 2.24) is 10.3 Å². The number of hydrogen-bond acceptors (Lipinski definition) is 6. The molecule has 1 amide bonds. The Labute approximate surface area is 203 Å². The van der Waals surface area contributed by atoms with E-state index in [0.717, 1.165) is 17.4 Å². The number of carbonyl (C=O) groups excluding carboxylic acids is 1. The number of fused-ring (bicyclic) bond motifs is 3. The van der Waals surface area contributed by atoms with E-state index in [2.05, 4.69) is 15.6 Å². The Balaban J connectivity index is 1.63. The predicted octanol–water partition coefficient (Wildman–Crippen LogP) is 5.90. The normalized spacial score (nSPS) is 16.2. The standard InChI is InChI=1S/C22H18F7N3O3S/c1-9-5-13(22(27,28)29)30-19-14(9)15-16(36-19)18(33)32-17(31-15)10-3-4-12(34-2)11(6-10)7-35-8-21(25,26)20(23)24/h3-6,17,20,31H,7-8H2,1-2H3,(H,32,33)/t17-/m0/s1. The molecular formula is C22H18F7N3O3S. The molecule has 2 aromatic heterocycles. The molecule has 194 valence electrons. The molecule has 1 aliphatic heterocycles.